The highest BCUT2D eigenvalue weighted by atomic mass is 35.5. The largest absolute Gasteiger partial charge is 0.463 e. The number of ether oxygens (including phenoxy) is 2. The van der Waals surface area contributed by atoms with Crippen molar-refractivity contribution >= 4 is 28.6 Å². The average Bonchev–Trinajstić information content (AvgIpc) is 3.11. The lowest BCUT2D eigenvalue weighted by atomic mass is 9.91. The Morgan fingerprint density at radius 1 is 1.60 bits per heavy atom. The van der Waals surface area contributed by atoms with E-state index in [1.54, 1.807) is 16.8 Å². The Balaban J connectivity index is 2.01. The molecule has 1 fully saturated rings. The number of carbonyl (C=O) groups is 1. The fourth-order valence-corrected chi connectivity index (χ4v) is 3.51. The minimum Gasteiger partial charge on any atom is -0.463 e. The zero-order valence-corrected chi connectivity index (χ0v) is 14.6. The van der Waals surface area contributed by atoms with Crippen LogP contribution in [0.25, 0.3) is 11.0 Å². The highest BCUT2D eigenvalue weighted by Gasteiger charge is 2.42. The SMILES string of the molecule is C=C[C@H]1[C@H](C)[C@H](n2cc(C#N)c3c(Cl)ncnc32)O[C@@H]1COC(C)=O. The number of carbonyl (C=O) groups excluding carboxylic acids is 1. The standard InChI is InChI=1S/C17H17ClN4O3/c1-4-12-9(2)17(25-13(12)7-24-10(3)23)22-6-11(5-19)14-15(18)20-8-21-16(14)22/h4,6,8-9,12-13,17H,1,7H2,2-3H3/t9-,12-,13+,17+/m0/s1. The molecule has 8 heteroatoms. The van der Waals surface area contributed by atoms with E-state index in [-0.39, 0.29) is 41.9 Å². The van der Waals surface area contributed by atoms with Crippen molar-refractivity contribution in [1.29, 1.82) is 5.26 Å². The van der Waals surface area contributed by atoms with Crippen LogP contribution in [-0.4, -0.2) is 33.2 Å². The molecule has 0 unspecified atom stereocenters. The van der Waals surface area contributed by atoms with Crippen LogP contribution in [0.4, 0.5) is 0 Å². The van der Waals surface area contributed by atoms with Gasteiger partial charge in [0, 0.05) is 25.0 Å². The van der Waals surface area contributed by atoms with Gasteiger partial charge in [0.1, 0.15) is 42.1 Å². The quantitative estimate of drug-likeness (QED) is 0.473. The van der Waals surface area contributed by atoms with Crippen LogP contribution in [0.5, 0.6) is 0 Å². The summed E-state index contributed by atoms with van der Waals surface area (Å²) in [6.45, 7) is 7.39. The Morgan fingerprint density at radius 2 is 2.36 bits per heavy atom. The smallest absolute Gasteiger partial charge is 0.302 e. The van der Waals surface area contributed by atoms with E-state index >= 15 is 0 Å². The number of aromatic nitrogens is 3. The lowest BCUT2D eigenvalue weighted by Crippen LogP contribution is -2.24. The van der Waals surface area contributed by atoms with Crippen LogP contribution >= 0.6 is 11.6 Å². The summed E-state index contributed by atoms with van der Waals surface area (Å²) in [4.78, 5) is 19.3. The van der Waals surface area contributed by atoms with Crippen LogP contribution in [0.15, 0.2) is 25.2 Å². The van der Waals surface area contributed by atoms with Crippen molar-refractivity contribution in [1.82, 2.24) is 14.5 Å². The first-order valence-corrected chi connectivity index (χ1v) is 8.18. The van der Waals surface area contributed by atoms with Crippen molar-refractivity contribution in [2.24, 2.45) is 11.8 Å². The predicted octanol–water partition coefficient (Wildman–Crippen LogP) is 2.86. The molecule has 1 saturated heterocycles. The summed E-state index contributed by atoms with van der Waals surface area (Å²) in [6.07, 6.45) is 4.11. The fourth-order valence-electron chi connectivity index (χ4n) is 3.28. The number of hydrogen-bond donors (Lipinski definition) is 0. The van der Waals surface area contributed by atoms with Crippen LogP contribution in [0.3, 0.4) is 0 Å². The molecular formula is C17H17ClN4O3. The molecule has 2 aromatic rings. The minimum atomic E-state index is -0.390. The molecule has 1 aliphatic heterocycles. The highest BCUT2D eigenvalue weighted by Crippen LogP contribution is 2.42. The summed E-state index contributed by atoms with van der Waals surface area (Å²) >= 11 is 6.14. The van der Waals surface area contributed by atoms with Crippen molar-refractivity contribution in [3.63, 3.8) is 0 Å². The van der Waals surface area contributed by atoms with Crippen LogP contribution in [0.1, 0.15) is 25.6 Å². The van der Waals surface area contributed by atoms with Crippen molar-refractivity contribution in [2.75, 3.05) is 6.61 Å². The van der Waals surface area contributed by atoms with Gasteiger partial charge in [-0.15, -0.1) is 6.58 Å². The molecule has 2 aromatic heterocycles. The van der Waals surface area contributed by atoms with Gasteiger partial charge in [0.25, 0.3) is 0 Å². The zero-order chi connectivity index (χ0) is 18.1. The molecule has 25 heavy (non-hydrogen) atoms. The van der Waals surface area contributed by atoms with E-state index in [9.17, 15) is 10.1 Å². The van der Waals surface area contributed by atoms with Crippen molar-refractivity contribution in [3.8, 4) is 6.07 Å². The molecule has 0 aromatic carbocycles. The van der Waals surface area contributed by atoms with E-state index in [1.165, 1.54) is 13.3 Å². The molecule has 3 heterocycles. The molecule has 0 radical (unpaired) electrons. The number of halogens is 1. The summed E-state index contributed by atoms with van der Waals surface area (Å²) in [5, 5.41) is 10.1. The van der Waals surface area contributed by atoms with Gasteiger partial charge >= 0.3 is 5.97 Å². The number of hydrogen-bond acceptors (Lipinski definition) is 6. The molecule has 0 N–H and O–H groups in total. The Labute approximate surface area is 149 Å². The second kappa shape index (κ2) is 6.82. The fraction of sp³-hybridized carbons (Fsp3) is 0.412. The van der Waals surface area contributed by atoms with Crippen LogP contribution in [-0.2, 0) is 14.3 Å². The Hall–Kier alpha value is -2.43. The van der Waals surface area contributed by atoms with Crippen molar-refractivity contribution in [2.45, 2.75) is 26.2 Å². The Kier molecular flexibility index (Phi) is 4.75. The van der Waals surface area contributed by atoms with Gasteiger partial charge in [-0.2, -0.15) is 5.26 Å². The first kappa shape index (κ1) is 17.4. The molecule has 0 aliphatic carbocycles. The lowest BCUT2D eigenvalue weighted by Gasteiger charge is -2.18. The molecule has 1 aliphatic rings. The first-order chi connectivity index (χ1) is 12.0. The second-order valence-corrected chi connectivity index (χ2v) is 6.32. The zero-order valence-electron chi connectivity index (χ0n) is 13.8. The normalized spacial score (nSPS) is 25.7. The van der Waals surface area contributed by atoms with E-state index in [0.29, 0.717) is 16.6 Å². The maximum absolute atomic E-state index is 11.1. The van der Waals surface area contributed by atoms with Crippen LogP contribution in [0, 0.1) is 23.2 Å². The number of fused-ring (bicyclic) bond motifs is 1. The molecule has 0 bridgehead atoms. The second-order valence-electron chi connectivity index (χ2n) is 5.96. The number of nitrogens with zero attached hydrogens (tertiary/aromatic N) is 4. The van der Waals surface area contributed by atoms with Gasteiger partial charge in [0.2, 0.25) is 0 Å². The number of esters is 1. The number of nitriles is 1. The van der Waals surface area contributed by atoms with E-state index in [0.717, 1.165) is 0 Å². The molecule has 0 saturated carbocycles. The van der Waals surface area contributed by atoms with Gasteiger partial charge in [-0.1, -0.05) is 24.6 Å². The Morgan fingerprint density at radius 3 is 3.00 bits per heavy atom. The van der Waals surface area contributed by atoms with Gasteiger partial charge in [-0.05, 0) is 0 Å². The third kappa shape index (κ3) is 2.99. The summed E-state index contributed by atoms with van der Waals surface area (Å²) in [7, 11) is 0. The minimum absolute atomic E-state index is 0.00959. The van der Waals surface area contributed by atoms with Crippen molar-refractivity contribution < 1.29 is 14.3 Å². The maximum Gasteiger partial charge on any atom is 0.302 e. The van der Waals surface area contributed by atoms with Gasteiger partial charge < -0.3 is 14.0 Å². The Bertz CT molecular complexity index is 873. The summed E-state index contributed by atoms with van der Waals surface area (Å²) in [5.74, 6) is -0.334. The van der Waals surface area contributed by atoms with Crippen LogP contribution in [0.2, 0.25) is 5.15 Å². The molecule has 0 spiro atoms. The number of rotatable bonds is 4. The highest BCUT2D eigenvalue weighted by molar-refractivity contribution is 6.34. The molecule has 3 rings (SSSR count). The van der Waals surface area contributed by atoms with E-state index in [1.807, 2.05) is 6.92 Å². The van der Waals surface area contributed by atoms with Gasteiger partial charge in [-0.25, -0.2) is 9.97 Å². The molecular weight excluding hydrogens is 344 g/mol. The van der Waals surface area contributed by atoms with Crippen LogP contribution < -0.4 is 0 Å². The molecule has 7 nitrogen and oxygen atoms in total. The van der Waals surface area contributed by atoms with Gasteiger partial charge in [-0.3, -0.25) is 4.79 Å². The maximum atomic E-state index is 11.1. The van der Waals surface area contributed by atoms with Crippen molar-refractivity contribution in [3.05, 3.63) is 35.9 Å². The molecule has 130 valence electrons. The first-order valence-electron chi connectivity index (χ1n) is 7.80. The monoisotopic (exact) mass is 360 g/mol. The topological polar surface area (TPSA) is 90.0 Å². The third-order valence-corrected chi connectivity index (χ3v) is 4.77. The lowest BCUT2D eigenvalue weighted by molar-refractivity contribution is -0.146. The van der Waals surface area contributed by atoms with Gasteiger partial charge in [0.05, 0.1) is 10.9 Å². The average molecular weight is 361 g/mol. The predicted molar refractivity (Wildman–Crippen MR) is 90.6 cm³/mol. The summed E-state index contributed by atoms with van der Waals surface area (Å²) in [5.41, 5.74) is 0.916. The summed E-state index contributed by atoms with van der Waals surface area (Å²) < 4.78 is 13.0. The van der Waals surface area contributed by atoms with Gasteiger partial charge in [0.15, 0.2) is 0 Å². The molecule has 0 amide bonds. The third-order valence-electron chi connectivity index (χ3n) is 4.48. The van der Waals surface area contributed by atoms with E-state index in [4.69, 9.17) is 21.1 Å². The summed E-state index contributed by atoms with van der Waals surface area (Å²) in [6, 6.07) is 2.12. The van der Waals surface area contributed by atoms with E-state index in [2.05, 4.69) is 22.6 Å². The van der Waals surface area contributed by atoms with E-state index < -0.39 is 0 Å². The molecule has 4 atom stereocenters.